The molecule has 1 atom stereocenters. The molecule has 3 heteroatoms. The fraction of sp³-hybridized carbons (Fsp3) is 0.294. The number of aryl methyl sites for hydroxylation is 2. The number of halogens is 2. The predicted octanol–water partition coefficient (Wildman–Crippen LogP) is 4.95. The molecule has 0 heterocycles. The molecule has 0 aliphatic heterocycles. The number of nitrogens with one attached hydrogen (secondary N) is 1. The van der Waals surface area contributed by atoms with Gasteiger partial charge in [-0.15, -0.1) is 0 Å². The highest BCUT2D eigenvalue weighted by Crippen LogP contribution is 2.22. The van der Waals surface area contributed by atoms with Gasteiger partial charge in [-0.3, -0.25) is 0 Å². The van der Waals surface area contributed by atoms with Crippen LogP contribution in [0.15, 0.2) is 36.4 Å². The molecule has 0 aliphatic carbocycles. The molecule has 0 radical (unpaired) electrons. The Morgan fingerprint density at radius 3 is 2.60 bits per heavy atom. The first kappa shape index (κ1) is 15.0. The minimum absolute atomic E-state index is 0.145. The number of benzene rings is 2. The van der Waals surface area contributed by atoms with E-state index in [1.807, 2.05) is 0 Å². The molecule has 0 amide bonds. The fourth-order valence-electron chi connectivity index (χ4n) is 2.38. The monoisotopic (exact) mass is 291 g/mol. The third-order valence-corrected chi connectivity index (χ3v) is 3.89. The summed E-state index contributed by atoms with van der Waals surface area (Å²) in [6.45, 7) is 6.66. The highest BCUT2D eigenvalue weighted by atomic mass is 35.5. The van der Waals surface area contributed by atoms with Crippen molar-refractivity contribution in [1.82, 2.24) is 5.32 Å². The highest BCUT2D eigenvalue weighted by molar-refractivity contribution is 6.31. The lowest BCUT2D eigenvalue weighted by atomic mass is 10.00. The molecule has 2 aromatic rings. The summed E-state index contributed by atoms with van der Waals surface area (Å²) in [6, 6.07) is 11.3. The fourth-order valence-corrected chi connectivity index (χ4v) is 2.61. The van der Waals surface area contributed by atoms with Crippen LogP contribution in [0.3, 0.4) is 0 Å². The van der Waals surface area contributed by atoms with Gasteiger partial charge in [0, 0.05) is 23.2 Å². The number of rotatable bonds is 4. The Kier molecular flexibility index (Phi) is 4.79. The second-order valence-corrected chi connectivity index (χ2v) is 5.57. The van der Waals surface area contributed by atoms with E-state index in [0.717, 1.165) is 0 Å². The molecule has 1 unspecified atom stereocenters. The normalized spacial score (nSPS) is 12.4. The van der Waals surface area contributed by atoms with Gasteiger partial charge in [0.2, 0.25) is 0 Å². The zero-order chi connectivity index (χ0) is 14.7. The van der Waals surface area contributed by atoms with Gasteiger partial charge in [0.1, 0.15) is 5.82 Å². The van der Waals surface area contributed by atoms with Crippen LogP contribution in [-0.2, 0) is 6.54 Å². The molecule has 1 N–H and O–H groups in total. The molecule has 0 saturated carbocycles. The lowest BCUT2D eigenvalue weighted by molar-refractivity contribution is 0.543. The van der Waals surface area contributed by atoms with Crippen LogP contribution >= 0.6 is 11.6 Å². The first-order chi connectivity index (χ1) is 9.49. The molecular weight excluding hydrogens is 273 g/mol. The maximum absolute atomic E-state index is 13.7. The van der Waals surface area contributed by atoms with E-state index < -0.39 is 0 Å². The Hall–Kier alpha value is -1.38. The Morgan fingerprint density at radius 2 is 1.95 bits per heavy atom. The molecule has 0 aromatic heterocycles. The van der Waals surface area contributed by atoms with Crippen molar-refractivity contribution in [1.29, 1.82) is 0 Å². The van der Waals surface area contributed by atoms with Crippen molar-refractivity contribution in [2.75, 3.05) is 0 Å². The van der Waals surface area contributed by atoms with Crippen LogP contribution < -0.4 is 5.32 Å². The summed E-state index contributed by atoms with van der Waals surface area (Å²) in [5.41, 5.74) is 4.23. The van der Waals surface area contributed by atoms with Crippen LogP contribution in [0, 0.1) is 19.7 Å². The number of hydrogen-bond donors (Lipinski definition) is 1. The average Bonchev–Trinajstić information content (AvgIpc) is 2.37. The summed E-state index contributed by atoms with van der Waals surface area (Å²) in [6.07, 6.45) is 0. The largest absolute Gasteiger partial charge is 0.306 e. The Balaban J connectivity index is 2.11. The first-order valence-electron chi connectivity index (χ1n) is 6.72. The topological polar surface area (TPSA) is 12.0 Å². The van der Waals surface area contributed by atoms with Gasteiger partial charge in [0.25, 0.3) is 0 Å². The standard InChI is InChI=1S/C17H19ClFN/c1-11-7-8-14(12(2)9-11)13(3)20-10-15-16(18)5-4-6-17(15)19/h4-9,13,20H,10H2,1-3H3. The highest BCUT2D eigenvalue weighted by Gasteiger charge is 2.11. The van der Waals surface area contributed by atoms with E-state index in [1.165, 1.54) is 22.8 Å². The summed E-state index contributed by atoms with van der Waals surface area (Å²) in [4.78, 5) is 0. The second-order valence-electron chi connectivity index (χ2n) is 5.16. The van der Waals surface area contributed by atoms with Gasteiger partial charge in [0.15, 0.2) is 0 Å². The van der Waals surface area contributed by atoms with Crippen LogP contribution in [0.5, 0.6) is 0 Å². The van der Waals surface area contributed by atoms with Crippen molar-refractivity contribution >= 4 is 11.6 Å². The molecular formula is C17H19ClFN. The molecule has 2 aromatic carbocycles. The van der Waals surface area contributed by atoms with E-state index in [9.17, 15) is 4.39 Å². The minimum atomic E-state index is -0.266. The van der Waals surface area contributed by atoms with Crippen LogP contribution in [0.1, 0.15) is 35.2 Å². The molecule has 0 aliphatic rings. The maximum atomic E-state index is 13.7. The van der Waals surface area contributed by atoms with Crippen molar-refractivity contribution in [3.63, 3.8) is 0 Å². The van der Waals surface area contributed by atoms with Gasteiger partial charge in [0.05, 0.1) is 0 Å². The second kappa shape index (κ2) is 6.38. The lowest BCUT2D eigenvalue weighted by Crippen LogP contribution is -2.19. The molecule has 0 saturated heterocycles. The van der Waals surface area contributed by atoms with Gasteiger partial charge in [-0.25, -0.2) is 4.39 Å². The Bertz CT molecular complexity index is 590. The molecule has 0 spiro atoms. The minimum Gasteiger partial charge on any atom is -0.306 e. The summed E-state index contributed by atoms with van der Waals surface area (Å²) in [7, 11) is 0. The lowest BCUT2D eigenvalue weighted by Gasteiger charge is -2.18. The molecule has 20 heavy (non-hydrogen) atoms. The predicted molar refractivity (Wildman–Crippen MR) is 82.6 cm³/mol. The van der Waals surface area contributed by atoms with Gasteiger partial charge >= 0.3 is 0 Å². The van der Waals surface area contributed by atoms with Crippen LogP contribution in [0.2, 0.25) is 5.02 Å². The summed E-state index contributed by atoms with van der Waals surface area (Å²) >= 11 is 6.03. The van der Waals surface area contributed by atoms with Crippen LogP contribution in [0.4, 0.5) is 4.39 Å². The van der Waals surface area contributed by atoms with E-state index in [2.05, 4.69) is 44.3 Å². The summed E-state index contributed by atoms with van der Waals surface area (Å²) in [5.74, 6) is -0.266. The van der Waals surface area contributed by atoms with Crippen molar-refractivity contribution in [2.45, 2.75) is 33.4 Å². The summed E-state index contributed by atoms with van der Waals surface area (Å²) in [5, 5.41) is 3.80. The van der Waals surface area contributed by atoms with Gasteiger partial charge in [-0.1, -0.05) is 41.4 Å². The molecule has 0 fully saturated rings. The van der Waals surface area contributed by atoms with Gasteiger partial charge < -0.3 is 5.32 Å². The molecule has 1 nitrogen and oxygen atoms in total. The Labute approximate surface area is 124 Å². The van der Waals surface area contributed by atoms with E-state index in [-0.39, 0.29) is 11.9 Å². The zero-order valence-corrected chi connectivity index (χ0v) is 12.8. The number of hydrogen-bond acceptors (Lipinski definition) is 1. The van der Waals surface area contributed by atoms with E-state index >= 15 is 0 Å². The van der Waals surface area contributed by atoms with E-state index in [0.29, 0.717) is 17.1 Å². The Morgan fingerprint density at radius 1 is 1.20 bits per heavy atom. The van der Waals surface area contributed by atoms with Crippen molar-refractivity contribution in [3.8, 4) is 0 Å². The summed E-state index contributed by atoms with van der Waals surface area (Å²) < 4.78 is 13.7. The average molecular weight is 292 g/mol. The third-order valence-electron chi connectivity index (χ3n) is 3.54. The van der Waals surface area contributed by atoms with E-state index in [1.54, 1.807) is 12.1 Å². The van der Waals surface area contributed by atoms with Gasteiger partial charge in [-0.05, 0) is 44.0 Å². The van der Waals surface area contributed by atoms with Crippen molar-refractivity contribution in [3.05, 3.63) is 69.5 Å². The van der Waals surface area contributed by atoms with E-state index in [4.69, 9.17) is 11.6 Å². The quantitative estimate of drug-likeness (QED) is 0.841. The van der Waals surface area contributed by atoms with Crippen LogP contribution in [-0.4, -0.2) is 0 Å². The molecule has 2 rings (SSSR count). The first-order valence-corrected chi connectivity index (χ1v) is 7.10. The molecule has 106 valence electrons. The third kappa shape index (κ3) is 3.38. The smallest absolute Gasteiger partial charge is 0.129 e. The van der Waals surface area contributed by atoms with Crippen molar-refractivity contribution in [2.24, 2.45) is 0 Å². The molecule has 0 bridgehead atoms. The van der Waals surface area contributed by atoms with Crippen molar-refractivity contribution < 1.29 is 4.39 Å². The van der Waals surface area contributed by atoms with Crippen LogP contribution in [0.25, 0.3) is 0 Å². The SMILES string of the molecule is Cc1ccc(C(C)NCc2c(F)cccc2Cl)c(C)c1. The van der Waals surface area contributed by atoms with Gasteiger partial charge in [-0.2, -0.15) is 0 Å². The zero-order valence-electron chi connectivity index (χ0n) is 12.0. The maximum Gasteiger partial charge on any atom is 0.129 e.